The molecule has 2 rings (SSSR count). The summed E-state index contributed by atoms with van der Waals surface area (Å²) >= 11 is 0. The summed E-state index contributed by atoms with van der Waals surface area (Å²) in [6.45, 7) is 10.00. The van der Waals surface area contributed by atoms with Gasteiger partial charge in [0.1, 0.15) is 17.5 Å². The monoisotopic (exact) mass is 278 g/mol. The van der Waals surface area contributed by atoms with Crippen LogP contribution in [0.2, 0.25) is 0 Å². The lowest BCUT2D eigenvalue weighted by molar-refractivity contribution is 0.301. The van der Waals surface area contributed by atoms with E-state index in [0.29, 0.717) is 18.5 Å². The average molecular weight is 278 g/mol. The Morgan fingerprint density at radius 3 is 2.55 bits per heavy atom. The quantitative estimate of drug-likeness (QED) is 0.801. The molecule has 2 N–H and O–H groups in total. The fourth-order valence-electron chi connectivity index (χ4n) is 2.35. The van der Waals surface area contributed by atoms with Gasteiger partial charge >= 0.3 is 0 Å². The van der Waals surface area contributed by atoms with Crippen LogP contribution in [0.15, 0.2) is 0 Å². The Balaban J connectivity index is 2.42. The minimum atomic E-state index is 0.160. The maximum Gasteiger partial charge on any atom is 0.137 e. The molecule has 1 aliphatic carbocycles. The van der Waals surface area contributed by atoms with Crippen LogP contribution < -0.4 is 10.2 Å². The summed E-state index contributed by atoms with van der Waals surface area (Å²) in [5.41, 5.74) is 1.08. The molecule has 5 nitrogen and oxygen atoms in total. The molecule has 5 heteroatoms. The van der Waals surface area contributed by atoms with Crippen LogP contribution in [-0.2, 0) is 0 Å². The second-order valence-corrected chi connectivity index (χ2v) is 5.71. The fraction of sp³-hybridized carbons (Fsp3) is 0.733. The zero-order valence-corrected chi connectivity index (χ0v) is 13.0. The van der Waals surface area contributed by atoms with Crippen molar-refractivity contribution in [2.45, 2.75) is 52.5 Å². The summed E-state index contributed by atoms with van der Waals surface area (Å²) in [5, 5.41) is 12.6. The van der Waals surface area contributed by atoms with Crippen molar-refractivity contribution >= 4 is 11.6 Å². The van der Waals surface area contributed by atoms with Crippen LogP contribution >= 0.6 is 0 Å². The van der Waals surface area contributed by atoms with Crippen molar-refractivity contribution in [1.29, 1.82) is 0 Å². The van der Waals surface area contributed by atoms with Gasteiger partial charge in [-0.1, -0.05) is 13.8 Å². The Morgan fingerprint density at radius 2 is 2.05 bits per heavy atom. The normalized spacial score (nSPS) is 14.7. The molecule has 0 saturated heterocycles. The van der Waals surface area contributed by atoms with Gasteiger partial charge in [0.2, 0.25) is 0 Å². The molecule has 0 aromatic carbocycles. The highest BCUT2D eigenvalue weighted by atomic mass is 16.3. The van der Waals surface area contributed by atoms with Crippen molar-refractivity contribution in [2.75, 3.05) is 29.9 Å². The largest absolute Gasteiger partial charge is 0.395 e. The summed E-state index contributed by atoms with van der Waals surface area (Å²) < 4.78 is 0. The van der Waals surface area contributed by atoms with Gasteiger partial charge in [-0.25, -0.2) is 9.97 Å². The van der Waals surface area contributed by atoms with E-state index in [4.69, 9.17) is 4.98 Å². The molecule has 1 heterocycles. The molecule has 0 spiro atoms. The van der Waals surface area contributed by atoms with Crippen LogP contribution in [-0.4, -0.2) is 40.8 Å². The molecular weight excluding hydrogens is 252 g/mol. The molecule has 0 amide bonds. The number of aliphatic hydroxyl groups is 1. The van der Waals surface area contributed by atoms with E-state index in [2.05, 4.69) is 42.9 Å². The van der Waals surface area contributed by atoms with Crippen LogP contribution in [0, 0.1) is 6.92 Å². The first-order valence-corrected chi connectivity index (χ1v) is 7.58. The van der Waals surface area contributed by atoms with Gasteiger partial charge in [0.05, 0.1) is 6.61 Å². The average Bonchev–Trinajstić information content (AvgIpc) is 3.23. The van der Waals surface area contributed by atoms with Crippen molar-refractivity contribution in [2.24, 2.45) is 0 Å². The SMILES string of the molecule is CCNc1nc(C(C)C)nc(N(CCO)C2CC2)c1C. The van der Waals surface area contributed by atoms with Gasteiger partial charge in [0.25, 0.3) is 0 Å². The Kier molecular flexibility index (Phi) is 4.81. The molecule has 0 bridgehead atoms. The highest BCUT2D eigenvalue weighted by Gasteiger charge is 2.31. The predicted octanol–water partition coefficient (Wildman–Crippen LogP) is 2.30. The van der Waals surface area contributed by atoms with Gasteiger partial charge in [-0.15, -0.1) is 0 Å². The smallest absolute Gasteiger partial charge is 0.137 e. The number of anilines is 2. The van der Waals surface area contributed by atoms with Crippen molar-refractivity contribution in [3.63, 3.8) is 0 Å². The Morgan fingerprint density at radius 1 is 1.35 bits per heavy atom. The number of rotatable bonds is 7. The lowest BCUT2D eigenvalue weighted by atomic mass is 10.2. The number of nitrogens with one attached hydrogen (secondary N) is 1. The molecule has 1 saturated carbocycles. The van der Waals surface area contributed by atoms with Gasteiger partial charge in [-0.3, -0.25) is 0 Å². The number of hydrogen-bond acceptors (Lipinski definition) is 5. The van der Waals surface area contributed by atoms with Crippen molar-refractivity contribution < 1.29 is 5.11 Å². The number of aliphatic hydroxyl groups excluding tert-OH is 1. The summed E-state index contributed by atoms with van der Waals surface area (Å²) in [7, 11) is 0. The van der Waals surface area contributed by atoms with Gasteiger partial charge in [-0.05, 0) is 26.7 Å². The first kappa shape index (κ1) is 15.0. The van der Waals surface area contributed by atoms with Crippen molar-refractivity contribution in [3.05, 3.63) is 11.4 Å². The fourth-order valence-corrected chi connectivity index (χ4v) is 2.35. The van der Waals surface area contributed by atoms with Crippen molar-refractivity contribution in [1.82, 2.24) is 9.97 Å². The molecule has 0 atom stereocenters. The molecule has 1 fully saturated rings. The van der Waals surface area contributed by atoms with E-state index < -0.39 is 0 Å². The first-order chi connectivity index (χ1) is 9.58. The molecule has 112 valence electrons. The highest BCUT2D eigenvalue weighted by molar-refractivity contribution is 5.59. The first-order valence-electron chi connectivity index (χ1n) is 7.58. The van der Waals surface area contributed by atoms with Crippen LogP contribution in [0.3, 0.4) is 0 Å². The molecule has 1 aromatic rings. The van der Waals surface area contributed by atoms with E-state index in [1.807, 2.05) is 0 Å². The third kappa shape index (κ3) is 3.20. The van der Waals surface area contributed by atoms with Crippen LogP contribution in [0.4, 0.5) is 11.6 Å². The predicted molar refractivity (Wildman–Crippen MR) is 82.5 cm³/mol. The zero-order chi connectivity index (χ0) is 14.7. The third-order valence-electron chi connectivity index (χ3n) is 3.60. The molecule has 20 heavy (non-hydrogen) atoms. The zero-order valence-electron chi connectivity index (χ0n) is 13.0. The number of hydrogen-bond donors (Lipinski definition) is 2. The Bertz CT molecular complexity index is 457. The topological polar surface area (TPSA) is 61.3 Å². The number of nitrogens with zero attached hydrogens (tertiary/aromatic N) is 3. The molecule has 0 unspecified atom stereocenters. The van der Waals surface area contributed by atoms with Gasteiger partial charge in [0, 0.05) is 30.6 Å². The molecule has 1 aliphatic rings. The number of aromatic nitrogens is 2. The van der Waals surface area contributed by atoms with Crippen LogP contribution in [0.5, 0.6) is 0 Å². The van der Waals surface area contributed by atoms with E-state index in [9.17, 15) is 5.11 Å². The van der Waals surface area contributed by atoms with Crippen LogP contribution in [0.25, 0.3) is 0 Å². The van der Waals surface area contributed by atoms with Gasteiger partial charge in [0.15, 0.2) is 0 Å². The minimum Gasteiger partial charge on any atom is -0.395 e. The maximum atomic E-state index is 9.32. The lowest BCUT2D eigenvalue weighted by Gasteiger charge is -2.26. The van der Waals surface area contributed by atoms with Gasteiger partial charge in [-0.2, -0.15) is 0 Å². The van der Waals surface area contributed by atoms with E-state index in [0.717, 1.165) is 29.6 Å². The van der Waals surface area contributed by atoms with Crippen LogP contribution in [0.1, 0.15) is 50.9 Å². The standard InChI is InChI=1S/C15H26N4O/c1-5-16-14-11(4)15(18-13(17-14)10(2)3)19(8-9-20)12-6-7-12/h10,12,20H,5-9H2,1-4H3,(H,16,17,18). The Hall–Kier alpha value is -1.36. The van der Waals surface area contributed by atoms with E-state index in [1.165, 1.54) is 12.8 Å². The highest BCUT2D eigenvalue weighted by Crippen LogP contribution is 2.34. The molecule has 0 radical (unpaired) electrons. The van der Waals surface area contributed by atoms with E-state index in [1.54, 1.807) is 0 Å². The lowest BCUT2D eigenvalue weighted by Crippen LogP contribution is -2.31. The minimum absolute atomic E-state index is 0.160. The second-order valence-electron chi connectivity index (χ2n) is 5.71. The summed E-state index contributed by atoms with van der Waals surface area (Å²) in [4.78, 5) is 11.6. The van der Waals surface area contributed by atoms with E-state index in [-0.39, 0.29) is 6.61 Å². The van der Waals surface area contributed by atoms with Gasteiger partial charge < -0.3 is 15.3 Å². The molecule has 1 aromatic heterocycles. The third-order valence-corrected chi connectivity index (χ3v) is 3.60. The Labute approximate surface area is 121 Å². The summed E-state index contributed by atoms with van der Waals surface area (Å²) in [5.74, 6) is 3.06. The van der Waals surface area contributed by atoms with E-state index >= 15 is 0 Å². The summed E-state index contributed by atoms with van der Waals surface area (Å²) in [6.07, 6.45) is 2.38. The second kappa shape index (κ2) is 6.39. The maximum absolute atomic E-state index is 9.32. The summed E-state index contributed by atoms with van der Waals surface area (Å²) in [6, 6.07) is 0.533. The van der Waals surface area contributed by atoms with Crippen molar-refractivity contribution in [3.8, 4) is 0 Å². The molecular formula is C15H26N4O. The molecule has 0 aliphatic heterocycles.